The molecule has 9 heteroatoms. The average molecular weight is 426 g/mol. The Labute approximate surface area is 171 Å². The van der Waals surface area contributed by atoms with E-state index in [-0.39, 0.29) is 18.0 Å². The lowest BCUT2D eigenvalue weighted by Gasteiger charge is -2.27. The van der Waals surface area contributed by atoms with Gasteiger partial charge in [-0.15, -0.1) is 0 Å². The Kier molecular flexibility index (Phi) is 6.01. The summed E-state index contributed by atoms with van der Waals surface area (Å²) in [6.07, 6.45) is -0.298. The van der Waals surface area contributed by atoms with Gasteiger partial charge in [0.15, 0.2) is 0 Å². The van der Waals surface area contributed by atoms with Crippen LogP contribution < -0.4 is 5.32 Å². The van der Waals surface area contributed by atoms with Crippen molar-refractivity contribution in [3.8, 4) is 0 Å². The standard InChI is InChI=1S/C21H22F4N2O3/c1-11(2)9-17(27-19(29)13-5-3-4-6-14(13)20(27)30)18(28)26-12-7-8-16(22)15(10-12)21(23,24)25/h3-4,7-8,10-11,13-14,17H,5-6,9H2,1-2H3,(H,26,28). The lowest BCUT2D eigenvalue weighted by molar-refractivity contribution is -0.147. The lowest BCUT2D eigenvalue weighted by Crippen LogP contribution is -2.48. The van der Waals surface area contributed by atoms with Crippen LogP contribution >= 0.6 is 0 Å². The van der Waals surface area contributed by atoms with Crippen LogP contribution in [0.5, 0.6) is 0 Å². The Morgan fingerprint density at radius 3 is 2.20 bits per heavy atom. The number of nitrogens with zero attached hydrogens (tertiary/aromatic N) is 1. The van der Waals surface area contributed by atoms with Crippen LogP contribution in [0.2, 0.25) is 0 Å². The molecule has 3 atom stereocenters. The number of nitrogens with one attached hydrogen (secondary N) is 1. The predicted molar refractivity (Wildman–Crippen MR) is 100 cm³/mol. The van der Waals surface area contributed by atoms with Gasteiger partial charge >= 0.3 is 6.18 Å². The summed E-state index contributed by atoms with van der Waals surface area (Å²) in [5.41, 5.74) is -1.77. The fourth-order valence-electron chi connectivity index (χ4n) is 3.96. The highest BCUT2D eigenvalue weighted by Gasteiger charge is 2.51. The zero-order chi connectivity index (χ0) is 22.2. The van der Waals surface area contributed by atoms with Crippen molar-refractivity contribution in [1.82, 2.24) is 4.90 Å². The minimum Gasteiger partial charge on any atom is -0.324 e. The van der Waals surface area contributed by atoms with E-state index in [2.05, 4.69) is 5.32 Å². The molecule has 1 aromatic carbocycles. The molecule has 3 unspecified atom stereocenters. The van der Waals surface area contributed by atoms with Crippen LogP contribution in [0.25, 0.3) is 0 Å². The van der Waals surface area contributed by atoms with Crippen LogP contribution in [0, 0.1) is 23.6 Å². The van der Waals surface area contributed by atoms with Gasteiger partial charge in [0.25, 0.3) is 0 Å². The molecule has 1 aliphatic heterocycles. The predicted octanol–water partition coefficient (Wildman–Crippen LogP) is 4.15. The number of imide groups is 1. The number of carbonyl (C=O) groups is 3. The van der Waals surface area contributed by atoms with Gasteiger partial charge in [-0.05, 0) is 43.4 Å². The minimum atomic E-state index is -4.92. The molecule has 1 aliphatic carbocycles. The summed E-state index contributed by atoms with van der Waals surface area (Å²) >= 11 is 0. The number of amides is 3. The molecule has 0 aromatic heterocycles. The number of fused-ring (bicyclic) bond motifs is 1. The van der Waals surface area contributed by atoms with Crippen LogP contribution in [0.3, 0.4) is 0 Å². The van der Waals surface area contributed by atoms with Gasteiger partial charge in [-0.2, -0.15) is 13.2 Å². The monoisotopic (exact) mass is 426 g/mol. The van der Waals surface area contributed by atoms with E-state index in [4.69, 9.17) is 0 Å². The number of anilines is 1. The fraction of sp³-hybridized carbons (Fsp3) is 0.476. The second-order valence-electron chi connectivity index (χ2n) is 8.03. The van der Waals surface area contributed by atoms with Crippen LogP contribution in [-0.2, 0) is 20.6 Å². The van der Waals surface area contributed by atoms with Gasteiger partial charge in [0.05, 0.1) is 17.4 Å². The third-order valence-electron chi connectivity index (χ3n) is 5.39. The minimum absolute atomic E-state index is 0.0685. The number of likely N-dealkylation sites (tertiary alicyclic amines) is 1. The SMILES string of the molecule is CC(C)CC(C(=O)Nc1ccc(F)c(C(F)(F)F)c1)N1C(=O)C2CC=CCC2C1=O. The Balaban J connectivity index is 1.87. The zero-order valence-corrected chi connectivity index (χ0v) is 16.5. The molecule has 0 spiro atoms. The van der Waals surface area contributed by atoms with E-state index in [1.165, 1.54) is 0 Å². The van der Waals surface area contributed by atoms with Crippen molar-refractivity contribution in [1.29, 1.82) is 0 Å². The highest BCUT2D eigenvalue weighted by atomic mass is 19.4. The number of carbonyl (C=O) groups excluding carboxylic acids is 3. The van der Waals surface area contributed by atoms with E-state index in [0.717, 1.165) is 11.0 Å². The first-order chi connectivity index (χ1) is 14.0. The van der Waals surface area contributed by atoms with Gasteiger partial charge in [-0.25, -0.2) is 4.39 Å². The third-order valence-corrected chi connectivity index (χ3v) is 5.39. The summed E-state index contributed by atoms with van der Waals surface area (Å²) in [5.74, 6) is -4.23. The van der Waals surface area contributed by atoms with E-state index in [9.17, 15) is 31.9 Å². The van der Waals surface area contributed by atoms with Crippen LogP contribution in [-0.4, -0.2) is 28.7 Å². The largest absolute Gasteiger partial charge is 0.419 e. The smallest absolute Gasteiger partial charge is 0.324 e. The number of halogens is 4. The van der Waals surface area contributed by atoms with E-state index < -0.39 is 53.2 Å². The van der Waals surface area contributed by atoms with Gasteiger partial charge in [0.2, 0.25) is 17.7 Å². The molecule has 2 aliphatic rings. The number of rotatable bonds is 5. The van der Waals surface area contributed by atoms with Crippen LogP contribution in [0.4, 0.5) is 23.2 Å². The molecule has 3 rings (SSSR count). The second kappa shape index (κ2) is 8.20. The Bertz CT molecular complexity index is 869. The van der Waals surface area contributed by atoms with Crippen LogP contribution in [0.1, 0.15) is 38.7 Å². The third kappa shape index (κ3) is 4.24. The lowest BCUT2D eigenvalue weighted by atomic mass is 9.85. The summed E-state index contributed by atoms with van der Waals surface area (Å²) in [4.78, 5) is 39.6. The molecule has 162 valence electrons. The molecule has 3 amide bonds. The Morgan fingerprint density at radius 1 is 1.13 bits per heavy atom. The molecule has 0 saturated carbocycles. The van der Waals surface area contributed by atoms with Crippen molar-refractivity contribution in [2.24, 2.45) is 17.8 Å². The first-order valence-electron chi connectivity index (χ1n) is 9.70. The number of alkyl halides is 3. The maximum Gasteiger partial charge on any atom is 0.419 e. The normalized spacial score (nSPS) is 22.4. The van der Waals surface area contributed by atoms with Crippen LogP contribution in [0.15, 0.2) is 30.4 Å². The van der Waals surface area contributed by atoms with Crippen molar-refractivity contribution < 1.29 is 31.9 Å². The van der Waals surface area contributed by atoms with Crippen molar-refractivity contribution in [3.05, 3.63) is 41.7 Å². The average Bonchev–Trinajstić information content (AvgIpc) is 2.91. The molecule has 1 saturated heterocycles. The molecule has 5 nitrogen and oxygen atoms in total. The molecular weight excluding hydrogens is 404 g/mol. The van der Waals surface area contributed by atoms with Crippen molar-refractivity contribution >= 4 is 23.4 Å². The second-order valence-corrected chi connectivity index (χ2v) is 8.03. The molecule has 0 bridgehead atoms. The quantitative estimate of drug-likeness (QED) is 0.437. The fourth-order valence-corrected chi connectivity index (χ4v) is 3.96. The molecule has 1 heterocycles. The maximum absolute atomic E-state index is 13.5. The molecule has 1 fully saturated rings. The number of hydrogen-bond acceptors (Lipinski definition) is 3. The highest BCUT2D eigenvalue weighted by Crippen LogP contribution is 2.37. The summed E-state index contributed by atoms with van der Waals surface area (Å²) in [5, 5.41) is 2.32. The first kappa shape index (κ1) is 22.0. The molecule has 0 radical (unpaired) electrons. The maximum atomic E-state index is 13.5. The van der Waals surface area contributed by atoms with E-state index >= 15 is 0 Å². The zero-order valence-electron chi connectivity index (χ0n) is 16.5. The van der Waals surface area contributed by atoms with Crippen molar-refractivity contribution in [3.63, 3.8) is 0 Å². The molecule has 1 aromatic rings. The Morgan fingerprint density at radius 2 is 1.70 bits per heavy atom. The Hall–Kier alpha value is -2.71. The van der Waals surface area contributed by atoms with Gasteiger partial charge in [0.1, 0.15) is 11.9 Å². The van der Waals surface area contributed by atoms with Crippen molar-refractivity contribution in [2.75, 3.05) is 5.32 Å². The first-order valence-corrected chi connectivity index (χ1v) is 9.70. The van der Waals surface area contributed by atoms with Gasteiger partial charge in [-0.3, -0.25) is 19.3 Å². The van der Waals surface area contributed by atoms with E-state index in [0.29, 0.717) is 25.0 Å². The highest BCUT2D eigenvalue weighted by molar-refractivity contribution is 6.10. The van der Waals surface area contributed by atoms with Gasteiger partial charge in [-0.1, -0.05) is 26.0 Å². The molecule has 30 heavy (non-hydrogen) atoms. The van der Waals surface area contributed by atoms with Gasteiger partial charge < -0.3 is 5.32 Å². The number of benzene rings is 1. The summed E-state index contributed by atoms with van der Waals surface area (Å²) < 4.78 is 52.4. The summed E-state index contributed by atoms with van der Waals surface area (Å²) in [6, 6.07) is 0.959. The summed E-state index contributed by atoms with van der Waals surface area (Å²) in [6.45, 7) is 3.61. The molecule has 1 N–H and O–H groups in total. The molecular formula is C21H22F4N2O3. The topological polar surface area (TPSA) is 66.5 Å². The summed E-state index contributed by atoms with van der Waals surface area (Å²) in [7, 11) is 0. The van der Waals surface area contributed by atoms with E-state index in [1.54, 1.807) is 13.8 Å². The van der Waals surface area contributed by atoms with Gasteiger partial charge in [0, 0.05) is 5.69 Å². The number of allylic oxidation sites excluding steroid dienone is 2. The van der Waals surface area contributed by atoms with E-state index in [1.807, 2.05) is 12.2 Å². The van der Waals surface area contributed by atoms with Crippen molar-refractivity contribution in [2.45, 2.75) is 45.3 Å². The number of hydrogen-bond donors (Lipinski definition) is 1.